The number of H-pyrrole nitrogens is 1. The van der Waals surface area contributed by atoms with Gasteiger partial charge in [-0.05, 0) is 29.7 Å². The topological polar surface area (TPSA) is 50.3 Å². The number of aromatic nitrogens is 2. The molecule has 0 unspecified atom stereocenters. The molecule has 1 atom stereocenters. The van der Waals surface area contributed by atoms with Gasteiger partial charge in [0.2, 0.25) is 5.90 Å². The molecule has 0 saturated heterocycles. The normalized spacial score (nSPS) is 18.4. The standard InChI is InChI=1S/C18H18ClN3O/c1-18(2,3)14-9-23-17(22-14)16-15-11(6-7-20-16)12-8-10(19)4-5-13(12)21-15/h4-8,14,21H,9H2,1-3H3/t14-/m1/s1. The van der Waals surface area contributed by atoms with E-state index in [2.05, 4.69) is 30.7 Å². The number of hydrogen-bond acceptors (Lipinski definition) is 3. The van der Waals surface area contributed by atoms with Gasteiger partial charge in [0, 0.05) is 27.5 Å². The molecule has 2 aromatic heterocycles. The van der Waals surface area contributed by atoms with E-state index in [1.54, 1.807) is 6.20 Å². The number of pyridine rings is 1. The largest absolute Gasteiger partial charge is 0.474 e. The Balaban J connectivity index is 1.90. The highest BCUT2D eigenvalue weighted by Crippen LogP contribution is 2.32. The van der Waals surface area contributed by atoms with E-state index in [-0.39, 0.29) is 11.5 Å². The maximum Gasteiger partial charge on any atom is 0.238 e. The number of fused-ring (bicyclic) bond motifs is 3. The summed E-state index contributed by atoms with van der Waals surface area (Å²) in [5, 5.41) is 2.89. The summed E-state index contributed by atoms with van der Waals surface area (Å²) in [6.07, 6.45) is 1.79. The Morgan fingerprint density at radius 2 is 2.04 bits per heavy atom. The monoisotopic (exact) mass is 327 g/mol. The van der Waals surface area contributed by atoms with Gasteiger partial charge in [-0.3, -0.25) is 0 Å². The number of aliphatic imine (C=N–C) groups is 1. The van der Waals surface area contributed by atoms with E-state index in [9.17, 15) is 0 Å². The first-order valence-corrected chi connectivity index (χ1v) is 8.08. The maximum atomic E-state index is 6.13. The summed E-state index contributed by atoms with van der Waals surface area (Å²) in [4.78, 5) is 12.7. The molecule has 4 nitrogen and oxygen atoms in total. The van der Waals surface area contributed by atoms with Crippen LogP contribution in [0, 0.1) is 5.41 Å². The third-order valence-corrected chi connectivity index (χ3v) is 4.57. The molecule has 0 spiro atoms. The third kappa shape index (κ3) is 2.38. The lowest BCUT2D eigenvalue weighted by atomic mass is 9.88. The number of aromatic amines is 1. The van der Waals surface area contributed by atoms with Crippen molar-refractivity contribution in [2.75, 3.05) is 6.61 Å². The highest BCUT2D eigenvalue weighted by molar-refractivity contribution is 6.32. The van der Waals surface area contributed by atoms with E-state index in [4.69, 9.17) is 21.3 Å². The fourth-order valence-electron chi connectivity index (χ4n) is 2.90. The minimum absolute atomic E-state index is 0.0730. The zero-order valence-electron chi connectivity index (χ0n) is 13.4. The van der Waals surface area contributed by atoms with E-state index in [0.717, 1.165) is 32.5 Å². The fraction of sp³-hybridized carbons (Fsp3) is 0.333. The van der Waals surface area contributed by atoms with Crippen LogP contribution in [-0.4, -0.2) is 28.5 Å². The van der Waals surface area contributed by atoms with Crippen molar-refractivity contribution < 1.29 is 4.74 Å². The van der Waals surface area contributed by atoms with Gasteiger partial charge in [-0.15, -0.1) is 0 Å². The van der Waals surface area contributed by atoms with Gasteiger partial charge in [-0.25, -0.2) is 9.98 Å². The third-order valence-electron chi connectivity index (χ3n) is 4.34. The van der Waals surface area contributed by atoms with E-state index in [0.29, 0.717) is 12.5 Å². The number of halogens is 1. The van der Waals surface area contributed by atoms with Gasteiger partial charge < -0.3 is 9.72 Å². The predicted octanol–water partition coefficient (Wildman–Crippen LogP) is 4.56. The molecule has 1 aliphatic heterocycles. The number of hydrogen-bond donors (Lipinski definition) is 1. The molecule has 0 bridgehead atoms. The molecule has 5 heteroatoms. The lowest BCUT2D eigenvalue weighted by Gasteiger charge is -2.21. The van der Waals surface area contributed by atoms with Gasteiger partial charge in [0.1, 0.15) is 12.3 Å². The van der Waals surface area contributed by atoms with Crippen molar-refractivity contribution >= 4 is 39.3 Å². The molecule has 1 aromatic carbocycles. The molecule has 0 amide bonds. The molecule has 0 radical (unpaired) electrons. The molecule has 0 aliphatic carbocycles. The van der Waals surface area contributed by atoms with E-state index < -0.39 is 0 Å². The minimum Gasteiger partial charge on any atom is -0.474 e. The van der Waals surface area contributed by atoms with Crippen LogP contribution in [0.3, 0.4) is 0 Å². The van der Waals surface area contributed by atoms with E-state index in [1.807, 2.05) is 24.3 Å². The summed E-state index contributed by atoms with van der Waals surface area (Å²) in [6.45, 7) is 7.12. The molecule has 1 aliphatic rings. The second kappa shape index (κ2) is 4.96. The van der Waals surface area contributed by atoms with Crippen molar-refractivity contribution in [3.05, 3.63) is 41.2 Å². The number of rotatable bonds is 1. The van der Waals surface area contributed by atoms with Crippen LogP contribution in [0.5, 0.6) is 0 Å². The SMILES string of the molecule is CC(C)(C)[C@H]1COC(c2nccc3c2[nH]c2ccc(Cl)cc23)=N1. The average molecular weight is 328 g/mol. The molecule has 0 saturated carbocycles. The Morgan fingerprint density at radius 3 is 2.78 bits per heavy atom. The first-order valence-electron chi connectivity index (χ1n) is 7.70. The number of nitrogens with zero attached hydrogens (tertiary/aromatic N) is 2. The Bertz CT molecular complexity index is 936. The zero-order valence-corrected chi connectivity index (χ0v) is 14.1. The fourth-order valence-corrected chi connectivity index (χ4v) is 3.08. The molecule has 0 fully saturated rings. The smallest absolute Gasteiger partial charge is 0.238 e. The van der Waals surface area contributed by atoms with Gasteiger partial charge in [0.25, 0.3) is 0 Å². The predicted molar refractivity (Wildman–Crippen MR) is 94.3 cm³/mol. The van der Waals surface area contributed by atoms with Crippen LogP contribution >= 0.6 is 11.6 Å². The Labute approximate surface area is 139 Å². The number of nitrogens with one attached hydrogen (secondary N) is 1. The Kier molecular flexibility index (Phi) is 3.13. The first kappa shape index (κ1) is 14.5. The van der Waals surface area contributed by atoms with Crippen molar-refractivity contribution in [2.24, 2.45) is 10.4 Å². The molecular weight excluding hydrogens is 310 g/mol. The summed E-state index contributed by atoms with van der Waals surface area (Å²) in [7, 11) is 0. The maximum absolute atomic E-state index is 6.13. The summed E-state index contributed by atoms with van der Waals surface area (Å²) < 4.78 is 5.85. The molecule has 23 heavy (non-hydrogen) atoms. The highest BCUT2D eigenvalue weighted by atomic mass is 35.5. The molecule has 4 rings (SSSR count). The lowest BCUT2D eigenvalue weighted by molar-refractivity contribution is 0.235. The summed E-state index contributed by atoms with van der Waals surface area (Å²) in [6, 6.07) is 7.97. The van der Waals surface area contributed by atoms with Gasteiger partial charge in [-0.2, -0.15) is 0 Å². The molecule has 1 N–H and O–H groups in total. The minimum atomic E-state index is 0.0730. The van der Waals surface area contributed by atoms with Gasteiger partial charge in [-0.1, -0.05) is 32.4 Å². The van der Waals surface area contributed by atoms with Crippen LogP contribution in [0.4, 0.5) is 0 Å². The second-order valence-corrected chi connectivity index (χ2v) is 7.46. The van der Waals surface area contributed by atoms with Crippen LogP contribution in [0.2, 0.25) is 5.02 Å². The van der Waals surface area contributed by atoms with Crippen molar-refractivity contribution in [1.29, 1.82) is 0 Å². The van der Waals surface area contributed by atoms with Gasteiger partial charge >= 0.3 is 0 Å². The highest BCUT2D eigenvalue weighted by Gasteiger charge is 2.32. The molecular formula is C18H18ClN3O. The van der Waals surface area contributed by atoms with E-state index in [1.165, 1.54) is 0 Å². The van der Waals surface area contributed by atoms with E-state index >= 15 is 0 Å². The Morgan fingerprint density at radius 1 is 1.22 bits per heavy atom. The summed E-state index contributed by atoms with van der Waals surface area (Å²) in [5.41, 5.74) is 2.81. The van der Waals surface area contributed by atoms with Gasteiger partial charge in [0.05, 0.1) is 11.6 Å². The van der Waals surface area contributed by atoms with Crippen LogP contribution < -0.4 is 0 Å². The number of ether oxygens (including phenoxy) is 1. The average Bonchev–Trinajstić information content (AvgIpc) is 3.10. The molecule has 118 valence electrons. The first-order chi connectivity index (χ1) is 10.9. The van der Waals surface area contributed by atoms with Crippen molar-refractivity contribution in [1.82, 2.24) is 9.97 Å². The van der Waals surface area contributed by atoms with Crippen molar-refractivity contribution in [3.63, 3.8) is 0 Å². The molecule has 3 aromatic rings. The van der Waals surface area contributed by atoms with Gasteiger partial charge in [0.15, 0.2) is 0 Å². The van der Waals surface area contributed by atoms with Crippen LogP contribution in [0.25, 0.3) is 21.8 Å². The van der Waals surface area contributed by atoms with Crippen molar-refractivity contribution in [3.8, 4) is 0 Å². The van der Waals surface area contributed by atoms with Crippen LogP contribution in [0.15, 0.2) is 35.5 Å². The zero-order chi connectivity index (χ0) is 16.2. The summed E-state index contributed by atoms with van der Waals surface area (Å²) >= 11 is 6.13. The molecule has 3 heterocycles. The number of benzene rings is 1. The van der Waals surface area contributed by atoms with Crippen molar-refractivity contribution in [2.45, 2.75) is 26.8 Å². The Hall–Kier alpha value is -2.07. The van der Waals surface area contributed by atoms with Crippen LogP contribution in [0.1, 0.15) is 26.5 Å². The lowest BCUT2D eigenvalue weighted by Crippen LogP contribution is -2.25. The quantitative estimate of drug-likeness (QED) is 0.712. The van der Waals surface area contributed by atoms with Crippen LogP contribution in [-0.2, 0) is 4.74 Å². The second-order valence-electron chi connectivity index (χ2n) is 7.02. The summed E-state index contributed by atoms with van der Waals surface area (Å²) in [5.74, 6) is 0.619.